The summed E-state index contributed by atoms with van der Waals surface area (Å²) in [7, 11) is 1.63. The minimum absolute atomic E-state index is 0.0700. The number of carbonyl (C=O) groups is 1. The van der Waals surface area contributed by atoms with Gasteiger partial charge in [0.05, 0.1) is 5.39 Å². The molecule has 1 aliphatic carbocycles. The highest BCUT2D eigenvalue weighted by atomic mass is 16.5. The number of amides is 1. The van der Waals surface area contributed by atoms with Crippen molar-refractivity contribution in [2.75, 3.05) is 26.9 Å². The summed E-state index contributed by atoms with van der Waals surface area (Å²) in [4.78, 5) is 24.0. The molecule has 1 amide bonds. The van der Waals surface area contributed by atoms with Gasteiger partial charge in [-0.25, -0.2) is 4.79 Å². The van der Waals surface area contributed by atoms with Crippen molar-refractivity contribution in [3.63, 3.8) is 0 Å². The number of carbonyl (C=O) groups excluding carboxylic acids is 1. The summed E-state index contributed by atoms with van der Waals surface area (Å²) in [5, 5.41) is 3.62. The molecule has 0 atom stereocenters. The highest BCUT2D eigenvalue weighted by Gasteiger charge is 2.22. The number of ether oxygens (including phenoxy) is 2. The molecule has 3 rings (SSSR count). The fourth-order valence-corrected chi connectivity index (χ4v) is 3.26. The Labute approximate surface area is 146 Å². The Balaban J connectivity index is 1.81. The predicted molar refractivity (Wildman–Crippen MR) is 94.2 cm³/mol. The first kappa shape index (κ1) is 17.5. The van der Waals surface area contributed by atoms with E-state index in [9.17, 15) is 9.59 Å². The van der Waals surface area contributed by atoms with Crippen LogP contribution in [0.1, 0.15) is 29.5 Å². The molecule has 2 aromatic rings. The van der Waals surface area contributed by atoms with Crippen LogP contribution in [0.3, 0.4) is 0 Å². The van der Waals surface area contributed by atoms with Gasteiger partial charge >= 0.3 is 5.63 Å². The SMILES string of the molecule is COCCCNC(=O)COc1cc(C)cc2oc(=O)c3c(c12)CCC3. The van der Waals surface area contributed by atoms with E-state index in [0.717, 1.165) is 47.8 Å². The number of benzene rings is 1. The van der Waals surface area contributed by atoms with E-state index in [1.807, 2.05) is 19.1 Å². The Morgan fingerprint density at radius 1 is 1.28 bits per heavy atom. The van der Waals surface area contributed by atoms with Crippen LogP contribution in [0.2, 0.25) is 0 Å². The molecule has 0 bridgehead atoms. The van der Waals surface area contributed by atoms with Gasteiger partial charge in [0, 0.05) is 25.8 Å². The van der Waals surface area contributed by atoms with Gasteiger partial charge in [0.1, 0.15) is 11.3 Å². The van der Waals surface area contributed by atoms with Crippen molar-refractivity contribution in [2.24, 2.45) is 0 Å². The second-order valence-electron chi connectivity index (χ2n) is 6.32. The number of nitrogens with one attached hydrogen (secondary N) is 1. The minimum Gasteiger partial charge on any atom is -0.483 e. The summed E-state index contributed by atoms with van der Waals surface area (Å²) >= 11 is 0. The maximum atomic E-state index is 12.1. The average Bonchev–Trinajstić information content (AvgIpc) is 3.06. The average molecular weight is 345 g/mol. The maximum Gasteiger partial charge on any atom is 0.339 e. The first-order valence-electron chi connectivity index (χ1n) is 8.58. The van der Waals surface area contributed by atoms with Crippen molar-refractivity contribution < 1.29 is 18.7 Å². The number of methoxy groups -OCH3 is 1. The third kappa shape index (κ3) is 3.85. The number of fused-ring (bicyclic) bond motifs is 3. The smallest absolute Gasteiger partial charge is 0.339 e. The molecular formula is C19H23NO5. The fraction of sp³-hybridized carbons (Fsp3) is 0.474. The number of hydrogen-bond acceptors (Lipinski definition) is 5. The van der Waals surface area contributed by atoms with Crippen LogP contribution in [0.5, 0.6) is 5.75 Å². The second-order valence-corrected chi connectivity index (χ2v) is 6.32. The van der Waals surface area contributed by atoms with Crippen molar-refractivity contribution in [2.45, 2.75) is 32.6 Å². The van der Waals surface area contributed by atoms with Gasteiger partial charge in [0.15, 0.2) is 6.61 Å². The Bertz CT molecular complexity index is 840. The van der Waals surface area contributed by atoms with Gasteiger partial charge < -0.3 is 19.2 Å². The summed E-state index contributed by atoms with van der Waals surface area (Å²) in [6.07, 6.45) is 3.27. The van der Waals surface area contributed by atoms with Gasteiger partial charge in [-0.05, 0) is 55.9 Å². The van der Waals surface area contributed by atoms with Crippen LogP contribution in [0.25, 0.3) is 11.0 Å². The molecule has 134 valence electrons. The number of hydrogen-bond donors (Lipinski definition) is 1. The zero-order valence-corrected chi connectivity index (χ0v) is 14.6. The highest BCUT2D eigenvalue weighted by molar-refractivity contribution is 5.89. The van der Waals surface area contributed by atoms with E-state index in [-0.39, 0.29) is 18.1 Å². The quantitative estimate of drug-likeness (QED) is 0.614. The molecule has 0 spiro atoms. The predicted octanol–water partition coefficient (Wildman–Crippen LogP) is 2.12. The third-order valence-electron chi connectivity index (χ3n) is 4.39. The van der Waals surface area contributed by atoms with E-state index in [4.69, 9.17) is 13.9 Å². The zero-order chi connectivity index (χ0) is 17.8. The highest BCUT2D eigenvalue weighted by Crippen LogP contribution is 2.35. The van der Waals surface area contributed by atoms with Gasteiger partial charge in [-0.2, -0.15) is 0 Å². The largest absolute Gasteiger partial charge is 0.483 e. The van der Waals surface area contributed by atoms with Crippen molar-refractivity contribution in [3.8, 4) is 5.75 Å². The van der Waals surface area contributed by atoms with Crippen LogP contribution in [0.4, 0.5) is 0 Å². The second kappa shape index (κ2) is 7.70. The summed E-state index contributed by atoms with van der Waals surface area (Å²) in [5.74, 6) is 0.420. The van der Waals surface area contributed by atoms with E-state index in [1.165, 1.54) is 0 Å². The Morgan fingerprint density at radius 2 is 2.08 bits per heavy atom. The molecule has 1 aromatic heterocycles. The van der Waals surface area contributed by atoms with E-state index >= 15 is 0 Å². The molecule has 0 saturated heterocycles. The molecule has 1 aliphatic rings. The normalized spacial score (nSPS) is 13.0. The first-order valence-corrected chi connectivity index (χ1v) is 8.58. The van der Waals surface area contributed by atoms with Gasteiger partial charge in [-0.1, -0.05) is 0 Å². The molecule has 0 aliphatic heterocycles. The van der Waals surface area contributed by atoms with E-state index in [0.29, 0.717) is 24.5 Å². The fourth-order valence-electron chi connectivity index (χ4n) is 3.26. The van der Waals surface area contributed by atoms with Crippen LogP contribution < -0.4 is 15.7 Å². The summed E-state index contributed by atoms with van der Waals surface area (Å²) in [6.45, 7) is 2.99. The third-order valence-corrected chi connectivity index (χ3v) is 4.39. The van der Waals surface area contributed by atoms with Crippen molar-refractivity contribution >= 4 is 16.9 Å². The molecule has 1 aromatic carbocycles. The molecule has 6 heteroatoms. The van der Waals surface area contributed by atoms with Crippen LogP contribution in [0, 0.1) is 6.92 Å². The van der Waals surface area contributed by atoms with Crippen molar-refractivity contribution in [3.05, 3.63) is 39.2 Å². The molecule has 0 radical (unpaired) electrons. The lowest BCUT2D eigenvalue weighted by Gasteiger charge is -2.13. The summed E-state index contributed by atoms with van der Waals surface area (Å²) in [6, 6.07) is 3.73. The molecule has 6 nitrogen and oxygen atoms in total. The zero-order valence-electron chi connectivity index (χ0n) is 14.6. The van der Waals surface area contributed by atoms with Gasteiger partial charge in [-0.15, -0.1) is 0 Å². The lowest BCUT2D eigenvalue weighted by Crippen LogP contribution is -2.30. The molecule has 0 unspecified atom stereocenters. The minimum atomic E-state index is -0.257. The molecule has 1 N–H and O–H groups in total. The molecule has 0 saturated carbocycles. The monoisotopic (exact) mass is 345 g/mol. The van der Waals surface area contributed by atoms with Gasteiger partial charge in [0.2, 0.25) is 0 Å². The Hall–Kier alpha value is -2.34. The summed E-state index contributed by atoms with van der Waals surface area (Å²) < 4.78 is 16.2. The lowest BCUT2D eigenvalue weighted by molar-refractivity contribution is -0.123. The first-order chi connectivity index (χ1) is 12.1. The molecular weight excluding hydrogens is 322 g/mol. The van der Waals surface area contributed by atoms with Crippen LogP contribution in [-0.2, 0) is 22.4 Å². The maximum absolute atomic E-state index is 12.1. The van der Waals surface area contributed by atoms with Gasteiger partial charge in [-0.3, -0.25) is 4.79 Å². The standard InChI is InChI=1S/C19H23NO5/c1-12-9-15(24-11-17(21)20-7-4-8-23-2)18-13-5-3-6-14(13)19(22)25-16(18)10-12/h9-10H,3-8,11H2,1-2H3,(H,20,21). The molecule has 25 heavy (non-hydrogen) atoms. The Kier molecular flexibility index (Phi) is 5.38. The molecule has 1 heterocycles. The topological polar surface area (TPSA) is 77.8 Å². The van der Waals surface area contributed by atoms with Gasteiger partial charge in [0.25, 0.3) is 5.91 Å². The lowest BCUT2D eigenvalue weighted by atomic mass is 10.0. The van der Waals surface area contributed by atoms with Crippen LogP contribution >= 0.6 is 0 Å². The van der Waals surface area contributed by atoms with Crippen LogP contribution in [-0.4, -0.2) is 32.8 Å². The van der Waals surface area contributed by atoms with Crippen LogP contribution in [0.15, 0.2) is 21.3 Å². The van der Waals surface area contributed by atoms with Crippen molar-refractivity contribution in [1.29, 1.82) is 0 Å². The van der Waals surface area contributed by atoms with Crippen molar-refractivity contribution in [1.82, 2.24) is 5.32 Å². The molecule has 0 fully saturated rings. The Morgan fingerprint density at radius 3 is 2.88 bits per heavy atom. The van der Waals surface area contributed by atoms with E-state index < -0.39 is 0 Å². The number of aryl methyl sites for hydroxylation is 2. The van der Waals surface area contributed by atoms with E-state index in [1.54, 1.807) is 7.11 Å². The van der Waals surface area contributed by atoms with E-state index in [2.05, 4.69) is 5.32 Å². The number of rotatable bonds is 7. The summed E-state index contributed by atoms with van der Waals surface area (Å²) in [5.41, 5.74) is 2.93.